The molecule has 0 spiro atoms. The predicted molar refractivity (Wildman–Crippen MR) is 218 cm³/mol. The normalized spacial score (nSPS) is 31.2. The van der Waals surface area contributed by atoms with Crippen LogP contribution in [0.1, 0.15) is 89.9 Å². The van der Waals surface area contributed by atoms with Crippen LogP contribution >= 0.6 is 11.8 Å². The Hall–Kier alpha value is -3.17. The number of nitrogens with one attached hydrogen (secondary N) is 4. The van der Waals surface area contributed by atoms with Gasteiger partial charge in [-0.25, -0.2) is 12.7 Å². The Morgan fingerprint density at radius 2 is 1.72 bits per heavy atom. The van der Waals surface area contributed by atoms with Gasteiger partial charge in [0.05, 0.1) is 36.7 Å². The number of hydrogen-bond donors (Lipinski definition) is 4. The van der Waals surface area contributed by atoms with Crippen molar-refractivity contribution in [2.24, 2.45) is 29.6 Å². The molecule has 7 rings (SSSR count). The molecule has 20 heteroatoms. The molecule has 334 valence electrons. The van der Waals surface area contributed by atoms with Crippen molar-refractivity contribution < 1.29 is 51.5 Å². The molecule has 5 saturated heterocycles. The average molecular weight is 880 g/mol. The number of carbonyl (C=O) groups excluding carboxylic acids is 7. The van der Waals surface area contributed by atoms with E-state index in [1.54, 1.807) is 16.7 Å². The summed E-state index contributed by atoms with van der Waals surface area (Å²) in [6.45, 7) is 2.18. The SMILES string of the molecule is CS(=O)(=O)N1CCC(C(=O)N[C@@H](CCOCCCC(=O)N2CC(COC3CCCC4C(=O)N(C5CCC(=O)NC5=O)C(=O)C34)C2)C(=O)NC2NC(C3CCCCC3)CS2)C1. The maximum absolute atomic E-state index is 13.6. The number of imide groups is 2. The Bertz CT molecular complexity index is 1760. The van der Waals surface area contributed by atoms with Crippen LogP contribution in [0.15, 0.2) is 0 Å². The molecule has 7 aliphatic rings. The molecule has 0 aromatic carbocycles. The molecule has 5 aliphatic heterocycles. The zero-order chi connectivity index (χ0) is 42.6. The molecule has 7 unspecified atom stereocenters. The average Bonchev–Trinajstić information content (AvgIpc) is 3.95. The topological polar surface area (TPSA) is 230 Å². The van der Waals surface area contributed by atoms with Crippen molar-refractivity contribution in [2.75, 3.05) is 58.0 Å². The number of rotatable bonds is 17. The van der Waals surface area contributed by atoms with Crippen molar-refractivity contribution in [3.8, 4) is 0 Å². The van der Waals surface area contributed by atoms with Gasteiger partial charge >= 0.3 is 0 Å². The van der Waals surface area contributed by atoms with Gasteiger partial charge in [0.1, 0.15) is 17.6 Å². The summed E-state index contributed by atoms with van der Waals surface area (Å²) >= 11 is 1.65. The molecule has 7 fully saturated rings. The summed E-state index contributed by atoms with van der Waals surface area (Å²) in [5, 5.41) is 11.7. The van der Waals surface area contributed by atoms with E-state index in [0.29, 0.717) is 57.3 Å². The number of ether oxygens (including phenoxy) is 2. The van der Waals surface area contributed by atoms with E-state index in [1.807, 2.05) is 0 Å². The number of hydrogen-bond acceptors (Lipinski definition) is 13. The van der Waals surface area contributed by atoms with Gasteiger partial charge in [0, 0.05) is 69.9 Å². The molecule has 8 atom stereocenters. The fourth-order valence-electron chi connectivity index (χ4n) is 9.98. The van der Waals surface area contributed by atoms with Gasteiger partial charge in [-0.3, -0.25) is 49.1 Å². The molecule has 60 heavy (non-hydrogen) atoms. The summed E-state index contributed by atoms with van der Waals surface area (Å²) in [5.41, 5.74) is -0.268. The van der Waals surface area contributed by atoms with Gasteiger partial charge in [0.15, 0.2) is 0 Å². The molecule has 4 N–H and O–H groups in total. The maximum atomic E-state index is 13.6. The minimum Gasteiger partial charge on any atom is -0.381 e. The summed E-state index contributed by atoms with van der Waals surface area (Å²) in [5.74, 6) is -2.65. The molecule has 2 saturated carbocycles. The molecular weight excluding hydrogens is 819 g/mol. The van der Waals surface area contributed by atoms with Crippen LogP contribution in [-0.4, -0.2) is 152 Å². The van der Waals surface area contributed by atoms with Gasteiger partial charge in [-0.2, -0.15) is 0 Å². The van der Waals surface area contributed by atoms with Gasteiger partial charge in [0.25, 0.3) is 0 Å². The van der Waals surface area contributed by atoms with Crippen molar-refractivity contribution in [1.82, 2.24) is 35.4 Å². The van der Waals surface area contributed by atoms with Crippen LogP contribution in [0.25, 0.3) is 0 Å². The lowest BCUT2D eigenvalue weighted by atomic mass is 9.79. The standard InChI is InChI=1S/C40H61N7O11S2/c1-60(55,56)46-16-14-26(21-46)35(50)41-28(36(51)44-40-42-29(23-59-40)25-7-3-2-4-8-25)15-18-57-17-6-11-33(49)45-19-24(20-45)22-58-31-10-5-9-27-34(31)39(54)47(38(27)53)30-12-13-32(48)43-37(30)52/h24-31,34,40,42H,2-23H2,1H3,(H,41,50)(H,44,51)(H,43,48,52)/t26?,27?,28-,29?,30?,31?,34?,40?/m0/s1. The van der Waals surface area contributed by atoms with E-state index in [0.717, 1.165) is 23.3 Å². The number of piperidine rings is 1. The number of sulfonamides is 1. The number of likely N-dealkylation sites (tertiary alicyclic amines) is 2. The lowest BCUT2D eigenvalue weighted by Crippen LogP contribution is -2.54. The number of thioether (sulfide) groups is 1. The number of carbonyl (C=O) groups is 7. The Kier molecular flexibility index (Phi) is 14.9. The van der Waals surface area contributed by atoms with Gasteiger partial charge in [-0.1, -0.05) is 25.7 Å². The lowest BCUT2D eigenvalue weighted by Gasteiger charge is -2.40. The summed E-state index contributed by atoms with van der Waals surface area (Å²) in [6.07, 6.45) is 10.2. The van der Waals surface area contributed by atoms with E-state index in [2.05, 4.69) is 21.3 Å². The lowest BCUT2D eigenvalue weighted by molar-refractivity contribution is -0.152. The van der Waals surface area contributed by atoms with Gasteiger partial charge in [0.2, 0.25) is 51.4 Å². The molecule has 0 aromatic rings. The molecule has 0 aromatic heterocycles. The van der Waals surface area contributed by atoms with Gasteiger partial charge in [-0.05, 0) is 57.3 Å². The third-order valence-electron chi connectivity index (χ3n) is 13.4. The minimum atomic E-state index is -3.43. The van der Waals surface area contributed by atoms with Crippen molar-refractivity contribution in [2.45, 2.75) is 120 Å². The Morgan fingerprint density at radius 1 is 0.933 bits per heavy atom. The van der Waals surface area contributed by atoms with Gasteiger partial charge in [-0.15, -0.1) is 11.8 Å². The van der Waals surface area contributed by atoms with Crippen LogP contribution in [0, 0.1) is 29.6 Å². The predicted octanol–water partition coefficient (Wildman–Crippen LogP) is 0.0586. The zero-order valence-electron chi connectivity index (χ0n) is 34.5. The highest BCUT2D eigenvalue weighted by atomic mass is 32.2. The van der Waals surface area contributed by atoms with E-state index in [9.17, 15) is 42.0 Å². The first-order valence-corrected chi connectivity index (χ1v) is 24.8. The van der Waals surface area contributed by atoms with Crippen molar-refractivity contribution in [3.05, 3.63) is 0 Å². The smallest absolute Gasteiger partial charge is 0.249 e. The molecule has 2 aliphatic carbocycles. The summed E-state index contributed by atoms with van der Waals surface area (Å²) in [4.78, 5) is 93.4. The molecule has 5 heterocycles. The van der Waals surface area contributed by atoms with Crippen LogP contribution in [0.2, 0.25) is 0 Å². The number of amides is 7. The Morgan fingerprint density at radius 3 is 2.45 bits per heavy atom. The fourth-order valence-corrected chi connectivity index (χ4v) is 12.1. The van der Waals surface area contributed by atoms with E-state index in [1.165, 1.54) is 36.4 Å². The second kappa shape index (κ2) is 19.9. The second-order valence-electron chi connectivity index (χ2n) is 17.7. The molecule has 7 amide bonds. The summed E-state index contributed by atoms with van der Waals surface area (Å²) in [7, 11) is -3.43. The Labute approximate surface area is 356 Å². The zero-order valence-corrected chi connectivity index (χ0v) is 36.1. The van der Waals surface area contributed by atoms with Crippen molar-refractivity contribution in [3.63, 3.8) is 0 Å². The second-order valence-corrected chi connectivity index (χ2v) is 20.8. The highest BCUT2D eigenvalue weighted by molar-refractivity contribution is 8.00. The van der Waals surface area contributed by atoms with E-state index in [-0.39, 0.29) is 87.0 Å². The third kappa shape index (κ3) is 10.7. The fraction of sp³-hybridized carbons (Fsp3) is 0.825. The van der Waals surface area contributed by atoms with Crippen molar-refractivity contribution in [1.29, 1.82) is 0 Å². The monoisotopic (exact) mass is 879 g/mol. The first-order chi connectivity index (χ1) is 28.8. The Balaban J connectivity index is 0.810. The summed E-state index contributed by atoms with van der Waals surface area (Å²) < 4.78 is 37.4. The molecule has 0 radical (unpaired) electrons. The first kappa shape index (κ1) is 44.9. The van der Waals surface area contributed by atoms with E-state index < -0.39 is 63.7 Å². The van der Waals surface area contributed by atoms with Crippen LogP contribution in [0.5, 0.6) is 0 Å². The van der Waals surface area contributed by atoms with E-state index >= 15 is 0 Å². The van der Waals surface area contributed by atoms with Gasteiger partial charge < -0.3 is 25.0 Å². The highest BCUT2D eigenvalue weighted by Crippen LogP contribution is 2.42. The maximum Gasteiger partial charge on any atom is 0.249 e. The van der Waals surface area contributed by atoms with Crippen LogP contribution < -0.4 is 21.3 Å². The van der Waals surface area contributed by atoms with Crippen LogP contribution in [-0.2, 0) is 53.1 Å². The molecule has 0 bridgehead atoms. The van der Waals surface area contributed by atoms with E-state index in [4.69, 9.17) is 9.47 Å². The van der Waals surface area contributed by atoms with Crippen LogP contribution in [0.3, 0.4) is 0 Å². The van der Waals surface area contributed by atoms with Crippen molar-refractivity contribution >= 4 is 63.1 Å². The highest BCUT2D eigenvalue weighted by Gasteiger charge is 2.56. The quantitative estimate of drug-likeness (QED) is 0.112. The first-order valence-electron chi connectivity index (χ1n) is 21.9. The largest absolute Gasteiger partial charge is 0.381 e. The minimum absolute atomic E-state index is 0.0126. The number of fused-ring (bicyclic) bond motifs is 1. The number of nitrogens with zero attached hydrogens (tertiary/aromatic N) is 3. The third-order valence-corrected chi connectivity index (χ3v) is 15.9. The molecular formula is C40H61N7O11S2. The van der Waals surface area contributed by atoms with Crippen LogP contribution in [0.4, 0.5) is 0 Å². The molecule has 18 nitrogen and oxygen atoms in total. The summed E-state index contributed by atoms with van der Waals surface area (Å²) in [6, 6.07) is -1.52.